The lowest BCUT2D eigenvalue weighted by Gasteiger charge is -2.23. The predicted octanol–water partition coefficient (Wildman–Crippen LogP) is 0.186. The Hall–Kier alpha value is -2.28. The number of benzene rings is 1. The number of carboxylic acids is 1. The Bertz CT molecular complexity index is 481. The van der Waals surface area contributed by atoms with Gasteiger partial charge in [0.15, 0.2) is 0 Å². The zero-order valence-corrected chi connectivity index (χ0v) is 11.4. The number of aliphatic carboxylic acids is 1. The van der Waals surface area contributed by atoms with Crippen LogP contribution < -0.4 is 0 Å². The van der Waals surface area contributed by atoms with E-state index >= 15 is 0 Å². The molecule has 0 aliphatic rings. The van der Waals surface area contributed by atoms with Gasteiger partial charge in [-0.25, -0.2) is 0 Å². The molecule has 0 unspecified atom stereocenters. The summed E-state index contributed by atoms with van der Waals surface area (Å²) in [6.07, 6.45) is 0. The Morgan fingerprint density at radius 3 is 2.10 bits per heavy atom. The third kappa shape index (κ3) is 4.13. The first kappa shape index (κ1) is 15.8. The van der Waals surface area contributed by atoms with Crippen molar-refractivity contribution in [2.75, 3.05) is 33.7 Å². The number of amides is 1. The first-order valence-corrected chi connectivity index (χ1v) is 5.99. The molecule has 3 N–H and O–H groups in total. The summed E-state index contributed by atoms with van der Waals surface area (Å²) in [7, 11) is 3.59. The van der Waals surface area contributed by atoms with Crippen LogP contribution in [0, 0.1) is 0 Å². The van der Waals surface area contributed by atoms with Crippen LogP contribution in [0.2, 0.25) is 0 Å². The SMILES string of the molecule is CN(C)CCN(CC(=O)O)C(=O)c1c(O)cccc1O. The number of nitrogens with zero attached hydrogens (tertiary/aromatic N) is 2. The number of hydrogen-bond acceptors (Lipinski definition) is 5. The van der Waals surface area contributed by atoms with Crippen LogP contribution in [0.15, 0.2) is 18.2 Å². The summed E-state index contributed by atoms with van der Waals surface area (Å²) >= 11 is 0. The van der Waals surface area contributed by atoms with Gasteiger partial charge in [-0.2, -0.15) is 0 Å². The molecule has 0 saturated heterocycles. The second kappa shape index (κ2) is 6.76. The predicted molar refractivity (Wildman–Crippen MR) is 71.9 cm³/mol. The Morgan fingerprint density at radius 2 is 1.65 bits per heavy atom. The average molecular weight is 282 g/mol. The molecule has 20 heavy (non-hydrogen) atoms. The molecule has 0 heterocycles. The summed E-state index contributed by atoms with van der Waals surface area (Å²) in [5.41, 5.74) is -0.285. The number of phenolic OH excluding ortho intramolecular Hbond substituents is 2. The molecule has 0 aromatic heterocycles. The van der Waals surface area contributed by atoms with E-state index in [1.54, 1.807) is 19.0 Å². The minimum atomic E-state index is -1.16. The lowest BCUT2D eigenvalue weighted by Crippen LogP contribution is -2.40. The van der Waals surface area contributed by atoms with Gasteiger partial charge in [0.25, 0.3) is 5.91 Å². The summed E-state index contributed by atoms with van der Waals surface area (Å²) in [5, 5.41) is 28.2. The second-order valence-corrected chi connectivity index (χ2v) is 4.59. The van der Waals surface area contributed by atoms with E-state index in [-0.39, 0.29) is 23.6 Å². The zero-order valence-electron chi connectivity index (χ0n) is 11.4. The third-order valence-corrected chi connectivity index (χ3v) is 2.66. The Balaban J connectivity index is 3.00. The van der Waals surface area contributed by atoms with Crippen LogP contribution in [0.5, 0.6) is 11.5 Å². The molecule has 110 valence electrons. The van der Waals surface area contributed by atoms with E-state index in [4.69, 9.17) is 5.11 Å². The molecule has 0 radical (unpaired) electrons. The summed E-state index contributed by atoms with van der Waals surface area (Å²) < 4.78 is 0. The van der Waals surface area contributed by atoms with Gasteiger partial charge in [0.1, 0.15) is 23.6 Å². The normalized spacial score (nSPS) is 10.6. The third-order valence-electron chi connectivity index (χ3n) is 2.66. The van der Waals surface area contributed by atoms with Crippen molar-refractivity contribution < 1.29 is 24.9 Å². The van der Waals surface area contributed by atoms with Gasteiger partial charge in [-0.05, 0) is 26.2 Å². The van der Waals surface area contributed by atoms with Crippen LogP contribution in [0.1, 0.15) is 10.4 Å². The van der Waals surface area contributed by atoms with E-state index in [1.165, 1.54) is 18.2 Å². The molecule has 7 heteroatoms. The number of aromatic hydroxyl groups is 2. The van der Waals surface area contributed by atoms with Gasteiger partial charge >= 0.3 is 5.97 Å². The maximum atomic E-state index is 12.3. The van der Waals surface area contributed by atoms with Crippen molar-refractivity contribution in [1.29, 1.82) is 0 Å². The van der Waals surface area contributed by atoms with Gasteiger partial charge in [-0.1, -0.05) is 6.07 Å². The van der Waals surface area contributed by atoms with Crippen LogP contribution in [-0.4, -0.2) is 70.7 Å². The van der Waals surface area contributed by atoms with Crippen molar-refractivity contribution in [2.45, 2.75) is 0 Å². The van der Waals surface area contributed by atoms with E-state index in [2.05, 4.69) is 0 Å². The fourth-order valence-corrected chi connectivity index (χ4v) is 1.64. The van der Waals surface area contributed by atoms with Gasteiger partial charge in [-0.3, -0.25) is 9.59 Å². The highest BCUT2D eigenvalue weighted by Crippen LogP contribution is 2.27. The first-order chi connectivity index (χ1) is 9.32. The molecule has 0 aliphatic heterocycles. The highest BCUT2D eigenvalue weighted by atomic mass is 16.4. The highest BCUT2D eigenvalue weighted by Gasteiger charge is 2.24. The molecular formula is C13H18N2O5. The average Bonchev–Trinajstić information content (AvgIpc) is 2.33. The van der Waals surface area contributed by atoms with E-state index in [0.717, 1.165) is 4.90 Å². The largest absolute Gasteiger partial charge is 0.507 e. The molecule has 0 fully saturated rings. The van der Waals surface area contributed by atoms with Gasteiger partial charge < -0.3 is 25.1 Å². The smallest absolute Gasteiger partial charge is 0.323 e. The summed E-state index contributed by atoms with van der Waals surface area (Å²) in [4.78, 5) is 26.0. The zero-order chi connectivity index (χ0) is 15.3. The minimum Gasteiger partial charge on any atom is -0.507 e. The lowest BCUT2D eigenvalue weighted by atomic mass is 10.1. The monoisotopic (exact) mass is 282 g/mol. The Labute approximate surface area is 116 Å². The molecule has 7 nitrogen and oxygen atoms in total. The maximum Gasteiger partial charge on any atom is 0.323 e. The summed E-state index contributed by atoms with van der Waals surface area (Å²) in [5.74, 6) is -2.64. The highest BCUT2D eigenvalue weighted by molar-refractivity contribution is 6.00. The van der Waals surface area contributed by atoms with Crippen molar-refractivity contribution in [1.82, 2.24) is 9.80 Å². The fraction of sp³-hybridized carbons (Fsp3) is 0.385. The minimum absolute atomic E-state index is 0.173. The van der Waals surface area contributed by atoms with Crippen molar-refractivity contribution in [3.63, 3.8) is 0 Å². The molecule has 0 spiro atoms. The number of carbonyl (C=O) groups is 2. The molecule has 1 rings (SSSR count). The quantitative estimate of drug-likeness (QED) is 0.688. The molecule has 1 amide bonds. The van der Waals surface area contributed by atoms with Gasteiger partial charge in [-0.15, -0.1) is 0 Å². The maximum absolute atomic E-state index is 12.3. The number of hydrogen-bond donors (Lipinski definition) is 3. The van der Waals surface area contributed by atoms with E-state index in [0.29, 0.717) is 6.54 Å². The van der Waals surface area contributed by atoms with Crippen LogP contribution in [0.4, 0.5) is 0 Å². The van der Waals surface area contributed by atoms with Crippen LogP contribution in [0.3, 0.4) is 0 Å². The van der Waals surface area contributed by atoms with E-state index in [9.17, 15) is 19.8 Å². The Kier molecular flexibility index (Phi) is 5.33. The number of likely N-dealkylation sites (N-methyl/N-ethyl adjacent to an activating group) is 1. The van der Waals surface area contributed by atoms with Crippen LogP contribution >= 0.6 is 0 Å². The number of phenols is 2. The van der Waals surface area contributed by atoms with Crippen molar-refractivity contribution >= 4 is 11.9 Å². The molecular weight excluding hydrogens is 264 g/mol. The van der Waals surface area contributed by atoms with Crippen LogP contribution in [-0.2, 0) is 4.79 Å². The summed E-state index contributed by atoms with van der Waals surface area (Å²) in [6.45, 7) is 0.139. The molecule has 0 saturated carbocycles. The first-order valence-electron chi connectivity index (χ1n) is 5.99. The fourth-order valence-electron chi connectivity index (χ4n) is 1.64. The molecule has 0 aliphatic carbocycles. The lowest BCUT2D eigenvalue weighted by molar-refractivity contribution is -0.137. The molecule has 1 aromatic carbocycles. The van der Waals surface area contributed by atoms with E-state index < -0.39 is 18.4 Å². The molecule has 0 atom stereocenters. The van der Waals surface area contributed by atoms with E-state index in [1.807, 2.05) is 0 Å². The summed E-state index contributed by atoms with van der Waals surface area (Å²) in [6, 6.07) is 3.92. The number of carbonyl (C=O) groups excluding carboxylic acids is 1. The van der Waals surface area contributed by atoms with Crippen LogP contribution in [0.25, 0.3) is 0 Å². The van der Waals surface area contributed by atoms with Gasteiger partial charge in [0.2, 0.25) is 0 Å². The van der Waals surface area contributed by atoms with Gasteiger partial charge in [0, 0.05) is 13.1 Å². The topological polar surface area (TPSA) is 101 Å². The van der Waals surface area contributed by atoms with Gasteiger partial charge in [0.05, 0.1) is 0 Å². The number of rotatable bonds is 6. The number of carboxylic acid groups (broad SMARTS) is 1. The van der Waals surface area contributed by atoms with Crippen molar-refractivity contribution in [3.8, 4) is 11.5 Å². The van der Waals surface area contributed by atoms with Crippen molar-refractivity contribution in [2.24, 2.45) is 0 Å². The molecule has 1 aromatic rings. The Morgan fingerprint density at radius 1 is 1.10 bits per heavy atom. The van der Waals surface area contributed by atoms with Crippen molar-refractivity contribution in [3.05, 3.63) is 23.8 Å². The second-order valence-electron chi connectivity index (χ2n) is 4.59. The standard InChI is InChI=1S/C13H18N2O5/c1-14(2)6-7-15(8-11(18)19)13(20)12-9(16)4-3-5-10(12)17/h3-5,16-17H,6-8H2,1-2H3,(H,18,19). The molecule has 0 bridgehead atoms.